The molecule has 7 nitrogen and oxygen atoms in total. The molecule has 0 fully saturated rings. The van der Waals surface area contributed by atoms with Crippen LogP contribution in [-0.2, 0) is 14.3 Å². The Bertz CT molecular complexity index is 1130. The molecule has 28 heavy (non-hydrogen) atoms. The highest BCUT2D eigenvalue weighted by atomic mass is 32.2. The van der Waals surface area contributed by atoms with Crippen molar-refractivity contribution in [3.8, 4) is 0 Å². The van der Waals surface area contributed by atoms with Gasteiger partial charge in [-0.3, -0.25) is 14.4 Å². The molecule has 1 aromatic heterocycles. The standard InChI is InChI=1S/C20H17N3O4S/c1-11(18-21-13-7-3-2-6-12(13)19(25)23-18)27-17(24)10-16-20(26)22-14-8-4-5-9-15(14)28-16/h2-9,11,16H,10H2,1H3,(H,22,26)(H,21,23,25)/t11-,16+/m1/s1. The van der Waals surface area contributed by atoms with Crippen LogP contribution < -0.4 is 10.9 Å². The molecule has 1 amide bonds. The number of rotatable bonds is 4. The molecule has 0 unspecified atom stereocenters. The van der Waals surface area contributed by atoms with E-state index >= 15 is 0 Å². The highest BCUT2D eigenvalue weighted by Gasteiger charge is 2.30. The zero-order chi connectivity index (χ0) is 19.7. The number of aromatic nitrogens is 2. The third kappa shape index (κ3) is 3.63. The first-order valence-corrected chi connectivity index (χ1v) is 9.64. The monoisotopic (exact) mass is 395 g/mol. The van der Waals surface area contributed by atoms with E-state index in [1.807, 2.05) is 24.3 Å². The van der Waals surface area contributed by atoms with Crippen LogP contribution in [0.2, 0.25) is 0 Å². The predicted molar refractivity (Wildman–Crippen MR) is 106 cm³/mol. The van der Waals surface area contributed by atoms with E-state index in [1.165, 1.54) is 11.8 Å². The number of esters is 1. The Balaban J connectivity index is 1.45. The zero-order valence-electron chi connectivity index (χ0n) is 15.0. The number of carbonyl (C=O) groups is 2. The van der Waals surface area contributed by atoms with Crippen LogP contribution in [-0.4, -0.2) is 27.1 Å². The van der Waals surface area contributed by atoms with E-state index in [1.54, 1.807) is 31.2 Å². The lowest BCUT2D eigenvalue weighted by Crippen LogP contribution is -2.31. The average molecular weight is 395 g/mol. The second-order valence-corrected chi connectivity index (χ2v) is 7.64. The number of carbonyl (C=O) groups excluding carboxylic acids is 2. The highest BCUT2D eigenvalue weighted by molar-refractivity contribution is 8.01. The molecule has 2 atom stereocenters. The van der Waals surface area contributed by atoms with Crippen LogP contribution in [0.3, 0.4) is 0 Å². The number of nitrogens with one attached hydrogen (secondary N) is 2. The van der Waals surface area contributed by atoms with Crippen LogP contribution in [0.5, 0.6) is 0 Å². The summed E-state index contributed by atoms with van der Waals surface area (Å²) >= 11 is 1.33. The topological polar surface area (TPSA) is 101 Å². The van der Waals surface area contributed by atoms with Crippen molar-refractivity contribution in [1.29, 1.82) is 0 Å². The summed E-state index contributed by atoms with van der Waals surface area (Å²) in [6.07, 6.45) is -0.818. The molecule has 8 heteroatoms. The molecule has 142 valence electrons. The summed E-state index contributed by atoms with van der Waals surface area (Å²) in [6.45, 7) is 1.63. The zero-order valence-corrected chi connectivity index (χ0v) is 15.8. The van der Waals surface area contributed by atoms with Crippen molar-refractivity contribution < 1.29 is 14.3 Å². The van der Waals surface area contributed by atoms with Crippen LogP contribution in [0.4, 0.5) is 5.69 Å². The molecule has 0 radical (unpaired) electrons. The minimum Gasteiger partial charge on any atom is -0.454 e. The minimum absolute atomic E-state index is 0.0764. The summed E-state index contributed by atoms with van der Waals surface area (Å²) in [6, 6.07) is 14.4. The number of nitrogens with zero attached hydrogens (tertiary/aromatic N) is 1. The lowest BCUT2D eigenvalue weighted by Gasteiger charge is -2.23. The van der Waals surface area contributed by atoms with E-state index in [0.29, 0.717) is 10.9 Å². The summed E-state index contributed by atoms with van der Waals surface area (Å²) in [4.78, 5) is 44.7. The van der Waals surface area contributed by atoms with Crippen molar-refractivity contribution in [3.63, 3.8) is 0 Å². The molecule has 1 aliphatic heterocycles. The molecule has 1 aliphatic rings. The highest BCUT2D eigenvalue weighted by Crippen LogP contribution is 2.36. The Labute approximate surface area is 164 Å². The van der Waals surface area contributed by atoms with Gasteiger partial charge in [0.2, 0.25) is 5.91 Å². The molecule has 0 saturated heterocycles. The molecule has 0 saturated carbocycles. The third-order valence-electron chi connectivity index (χ3n) is 4.38. The molecule has 2 heterocycles. The maximum absolute atomic E-state index is 12.4. The van der Waals surface area contributed by atoms with Gasteiger partial charge < -0.3 is 15.0 Å². The van der Waals surface area contributed by atoms with Gasteiger partial charge in [0.1, 0.15) is 0 Å². The van der Waals surface area contributed by atoms with Gasteiger partial charge in [0.25, 0.3) is 5.56 Å². The molecule has 4 rings (SSSR count). The van der Waals surface area contributed by atoms with E-state index in [4.69, 9.17) is 4.74 Å². The number of benzene rings is 2. The lowest BCUT2D eigenvalue weighted by atomic mass is 10.2. The number of thioether (sulfide) groups is 1. The van der Waals surface area contributed by atoms with Gasteiger partial charge in [0.15, 0.2) is 11.9 Å². The minimum atomic E-state index is -0.742. The third-order valence-corrected chi connectivity index (χ3v) is 5.66. The molecule has 0 aliphatic carbocycles. The summed E-state index contributed by atoms with van der Waals surface area (Å²) in [5, 5.41) is 2.70. The van der Waals surface area contributed by atoms with Gasteiger partial charge in [-0.05, 0) is 31.2 Å². The largest absolute Gasteiger partial charge is 0.454 e. The first-order valence-electron chi connectivity index (χ1n) is 8.76. The van der Waals surface area contributed by atoms with Gasteiger partial charge in [-0.15, -0.1) is 11.8 Å². The summed E-state index contributed by atoms with van der Waals surface area (Å²) in [7, 11) is 0. The molecular formula is C20H17N3O4S. The van der Waals surface area contributed by atoms with Crippen LogP contribution in [0, 0.1) is 0 Å². The molecule has 0 spiro atoms. The Hall–Kier alpha value is -3.13. The van der Waals surface area contributed by atoms with Gasteiger partial charge in [-0.2, -0.15) is 0 Å². The number of hydrogen-bond donors (Lipinski definition) is 2. The van der Waals surface area contributed by atoms with Crippen LogP contribution in [0.25, 0.3) is 10.9 Å². The van der Waals surface area contributed by atoms with Crippen molar-refractivity contribution in [2.24, 2.45) is 0 Å². The molecule has 0 bridgehead atoms. The van der Waals surface area contributed by atoms with Gasteiger partial charge in [0.05, 0.1) is 28.3 Å². The van der Waals surface area contributed by atoms with Crippen molar-refractivity contribution >= 4 is 40.2 Å². The predicted octanol–water partition coefficient (Wildman–Crippen LogP) is 3.03. The van der Waals surface area contributed by atoms with Crippen molar-refractivity contribution in [2.45, 2.75) is 29.6 Å². The quantitative estimate of drug-likeness (QED) is 0.659. The van der Waals surface area contributed by atoms with E-state index in [2.05, 4.69) is 15.3 Å². The van der Waals surface area contributed by atoms with Crippen molar-refractivity contribution in [2.75, 3.05) is 5.32 Å². The molecule has 3 aromatic rings. The van der Waals surface area contributed by atoms with Crippen molar-refractivity contribution in [3.05, 3.63) is 64.7 Å². The van der Waals surface area contributed by atoms with Crippen LogP contribution >= 0.6 is 11.8 Å². The normalized spacial score (nSPS) is 16.9. The number of para-hydroxylation sites is 2. The van der Waals surface area contributed by atoms with Gasteiger partial charge in [-0.1, -0.05) is 24.3 Å². The Morgan fingerprint density at radius 3 is 2.79 bits per heavy atom. The van der Waals surface area contributed by atoms with Crippen LogP contribution in [0.1, 0.15) is 25.3 Å². The summed E-state index contributed by atoms with van der Waals surface area (Å²) in [5.74, 6) is -0.496. The van der Waals surface area contributed by atoms with E-state index in [9.17, 15) is 14.4 Å². The fourth-order valence-electron chi connectivity index (χ4n) is 2.98. The number of fused-ring (bicyclic) bond motifs is 2. The number of H-pyrrole nitrogens is 1. The number of anilines is 1. The van der Waals surface area contributed by atoms with E-state index in [-0.39, 0.29) is 23.7 Å². The van der Waals surface area contributed by atoms with E-state index in [0.717, 1.165) is 10.6 Å². The van der Waals surface area contributed by atoms with Crippen molar-refractivity contribution in [1.82, 2.24) is 9.97 Å². The first kappa shape index (κ1) is 18.2. The Morgan fingerprint density at radius 2 is 1.93 bits per heavy atom. The fraction of sp³-hybridized carbons (Fsp3) is 0.200. The maximum Gasteiger partial charge on any atom is 0.308 e. The number of aromatic amines is 1. The molecule has 2 N–H and O–H groups in total. The summed E-state index contributed by atoms with van der Waals surface area (Å²) in [5.41, 5.74) is 0.985. The van der Waals surface area contributed by atoms with Crippen LogP contribution in [0.15, 0.2) is 58.2 Å². The Kier molecular flexibility index (Phi) is 4.87. The second kappa shape index (κ2) is 7.47. The number of hydrogen-bond acceptors (Lipinski definition) is 6. The van der Waals surface area contributed by atoms with Gasteiger partial charge >= 0.3 is 5.97 Å². The lowest BCUT2D eigenvalue weighted by molar-refractivity contribution is -0.149. The van der Waals surface area contributed by atoms with Gasteiger partial charge in [0, 0.05) is 4.90 Å². The SMILES string of the molecule is C[C@@H](OC(=O)C[C@@H]1Sc2ccccc2NC1=O)c1nc2ccccc2c(=O)[nH]1. The first-order chi connectivity index (χ1) is 13.5. The Morgan fingerprint density at radius 1 is 1.18 bits per heavy atom. The second-order valence-electron chi connectivity index (χ2n) is 6.40. The number of ether oxygens (including phenoxy) is 1. The molecular weight excluding hydrogens is 378 g/mol. The summed E-state index contributed by atoms with van der Waals surface area (Å²) < 4.78 is 5.41. The fourth-order valence-corrected chi connectivity index (χ4v) is 4.07. The average Bonchev–Trinajstić information content (AvgIpc) is 2.68. The molecule has 2 aromatic carbocycles. The van der Waals surface area contributed by atoms with E-state index < -0.39 is 17.3 Å². The smallest absolute Gasteiger partial charge is 0.308 e. The number of amides is 1. The maximum atomic E-state index is 12.4. The van der Waals surface area contributed by atoms with Gasteiger partial charge in [-0.25, -0.2) is 4.98 Å².